The van der Waals surface area contributed by atoms with Gasteiger partial charge in [0.15, 0.2) is 0 Å². The zero-order chi connectivity index (χ0) is 9.23. The third kappa shape index (κ3) is 6.99. The molecule has 0 aliphatic heterocycles. The number of hydrogen-bond acceptors (Lipinski definition) is 2. The average molecular weight is 189 g/mol. The topological polar surface area (TPSA) is 12.0 Å². The third-order valence-electron chi connectivity index (χ3n) is 2.01. The zero-order valence-electron chi connectivity index (χ0n) is 8.73. The SMILES string of the molecule is CCCSCCNC(CC)CC. The molecule has 0 amide bonds. The normalized spacial score (nSPS) is 11.0. The van der Waals surface area contributed by atoms with Crippen molar-refractivity contribution in [2.45, 2.75) is 46.1 Å². The molecule has 0 saturated heterocycles. The molecular formula is C10H23NS. The molecule has 74 valence electrons. The van der Waals surface area contributed by atoms with Crippen LogP contribution in [0.4, 0.5) is 0 Å². The summed E-state index contributed by atoms with van der Waals surface area (Å²) in [4.78, 5) is 0. The molecule has 0 fully saturated rings. The molecule has 0 saturated carbocycles. The summed E-state index contributed by atoms with van der Waals surface area (Å²) >= 11 is 2.05. The lowest BCUT2D eigenvalue weighted by atomic mass is 10.2. The Morgan fingerprint density at radius 1 is 1.08 bits per heavy atom. The molecule has 0 rings (SSSR count). The summed E-state index contributed by atoms with van der Waals surface area (Å²) in [5.74, 6) is 2.58. The maximum atomic E-state index is 3.56. The highest BCUT2D eigenvalue weighted by Gasteiger charge is 1.99. The van der Waals surface area contributed by atoms with Crippen LogP contribution in [0.15, 0.2) is 0 Å². The standard InChI is InChI=1S/C10H23NS/c1-4-8-12-9-7-11-10(5-2)6-3/h10-11H,4-9H2,1-3H3. The Morgan fingerprint density at radius 3 is 2.25 bits per heavy atom. The second kappa shape index (κ2) is 9.40. The molecule has 0 aromatic heterocycles. The van der Waals surface area contributed by atoms with E-state index in [9.17, 15) is 0 Å². The van der Waals surface area contributed by atoms with E-state index in [1.807, 2.05) is 0 Å². The van der Waals surface area contributed by atoms with Crippen molar-refractivity contribution >= 4 is 11.8 Å². The highest BCUT2D eigenvalue weighted by Crippen LogP contribution is 2.01. The monoisotopic (exact) mass is 189 g/mol. The Hall–Kier alpha value is 0.310. The Balaban J connectivity index is 3.06. The minimum Gasteiger partial charge on any atom is -0.313 e. The lowest BCUT2D eigenvalue weighted by Crippen LogP contribution is -2.29. The molecule has 0 atom stereocenters. The van der Waals surface area contributed by atoms with Gasteiger partial charge in [-0.05, 0) is 25.0 Å². The molecule has 2 heteroatoms. The lowest BCUT2D eigenvalue weighted by Gasteiger charge is -2.13. The van der Waals surface area contributed by atoms with Crippen LogP contribution in [0.1, 0.15) is 40.0 Å². The van der Waals surface area contributed by atoms with Gasteiger partial charge in [0.1, 0.15) is 0 Å². The van der Waals surface area contributed by atoms with E-state index >= 15 is 0 Å². The highest BCUT2D eigenvalue weighted by molar-refractivity contribution is 7.99. The first kappa shape index (κ1) is 12.3. The van der Waals surface area contributed by atoms with Gasteiger partial charge in [0.05, 0.1) is 0 Å². The summed E-state index contributed by atoms with van der Waals surface area (Å²) in [6, 6.07) is 0.743. The van der Waals surface area contributed by atoms with Crippen molar-refractivity contribution in [3.8, 4) is 0 Å². The van der Waals surface area contributed by atoms with Crippen molar-refractivity contribution in [3.05, 3.63) is 0 Å². The molecule has 0 aromatic carbocycles. The van der Waals surface area contributed by atoms with Crippen LogP contribution < -0.4 is 5.32 Å². The van der Waals surface area contributed by atoms with Crippen molar-refractivity contribution in [2.75, 3.05) is 18.1 Å². The van der Waals surface area contributed by atoms with Crippen LogP contribution >= 0.6 is 11.8 Å². The van der Waals surface area contributed by atoms with Gasteiger partial charge in [-0.15, -0.1) is 0 Å². The van der Waals surface area contributed by atoms with Crippen LogP contribution in [0.25, 0.3) is 0 Å². The summed E-state index contributed by atoms with van der Waals surface area (Å²) in [5, 5.41) is 3.56. The lowest BCUT2D eigenvalue weighted by molar-refractivity contribution is 0.501. The van der Waals surface area contributed by atoms with E-state index in [0.717, 1.165) is 6.04 Å². The van der Waals surface area contributed by atoms with Gasteiger partial charge in [0.2, 0.25) is 0 Å². The third-order valence-corrected chi connectivity index (χ3v) is 3.20. The quantitative estimate of drug-likeness (QED) is 0.589. The first-order chi connectivity index (χ1) is 5.85. The van der Waals surface area contributed by atoms with Crippen LogP contribution in [0.5, 0.6) is 0 Å². The Bertz CT molecular complexity index is 81.9. The van der Waals surface area contributed by atoms with E-state index < -0.39 is 0 Å². The van der Waals surface area contributed by atoms with Crippen molar-refractivity contribution in [3.63, 3.8) is 0 Å². The van der Waals surface area contributed by atoms with Crippen LogP contribution in [0.2, 0.25) is 0 Å². The number of thioether (sulfide) groups is 1. The summed E-state index contributed by atoms with van der Waals surface area (Å²) < 4.78 is 0. The molecule has 0 aliphatic rings. The largest absolute Gasteiger partial charge is 0.313 e. The second-order valence-electron chi connectivity index (χ2n) is 3.08. The van der Waals surface area contributed by atoms with Crippen LogP contribution in [0, 0.1) is 0 Å². The van der Waals surface area contributed by atoms with E-state index in [1.54, 1.807) is 0 Å². The van der Waals surface area contributed by atoms with Crippen LogP contribution in [-0.2, 0) is 0 Å². The Morgan fingerprint density at radius 2 is 1.75 bits per heavy atom. The molecule has 1 nitrogen and oxygen atoms in total. The number of rotatable bonds is 8. The summed E-state index contributed by atoms with van der Waals surface area (Å²) in [6.07, 6.45) is 3.82. The van der Waals surface area contributed by atoms with Crippen molar-refractivity contribution in [1.82, 2.24) is 5.32 Å². The first-order valence-corrected chi connectivity index (χ1v) is 6.31. The molecule has 0 radical (unpaired) electrons. The molecule has 0 aliphatic carbocycles. The number of nitrogens with one attached hydrogen (secondary N) is 1. The van der Waals surface area contributed by atoms with E-state index in [2.05, 4.69) is 37.8 Å². The smallest absolute Gasteiger partial charge is 0.00621 e. The van der Waals surface area contributed by atoms with Gasteiger partial charge in [0.25, 0.3) is 0 Å². The van der Waals surface area contributed by atoms with Gasteiger partial charge in [-0.1, -0.05) is 20.8 Å². The highest BCUT2D eigenvalue weighted by atomic mass is 32.2. The van der Waals surface area contributed by atoms with E-state index in [0.29, 0.717) is 0 Å². The van der Waals surface area contributed by atoms with E-state index in [4.69, 9.17) is 0 Å². The fourth-order valence-electron chi connectivity index (χ4n) is 1.16. The van der Waals surface area contributed by atoms with Gasteiger partial charge in [-0.3, -0.25) is 0 Å². The second-order valence-corrected chi connectivity index (χ2v) is 4.30. The maximum Gasteiger partial charge on any atom is 0.00621 e. The van der Waals surface area contributed by atoms with Crippen molar-refractivity contribution in [2.24, 2.45) is 0 Å². The molecule has 0 spiro atoms. The van der Waals surface area contributed by atoms with Crippen LogP contribution in [-0.4, -0.2) is 24.1 Å². The van der Waals surface area contributed by atoms with E-state index in [-0.39, 0.29) is 0 Å². The molecule has 0 aromatic rings. The number of hydrogen-bond donors (Lipinski definition) is 1. The fourth-order valence-corrected chi connectivity index (χ4v) is 1.91. The van der Waals surface area contributed by atoms with E-state index in [1.165, 1.54) is 37.3 Å². The van der Waals surface area contributed by atoms with Crippen molar-refractivity contribution < 1.29 is 0 Å². The van der Waals surface area contributed by atoms with Gasteiger partial charge in [-0.2, -0.15) is 11.8 Å². The predicted molar refractivity (Wildman–Crippen MR) is 60.0 cm³/mol. The average Bonchev–Trinajstić information content (AvgIpc) is 2.11. The van der Waals surface area contributed by atoms with Gasteiger partial charge in [-0.25, -0.2) is 0 Å². The first-order valence-electron chi connectivity index (χ1n) is 5.16. The maximum absolute atomic E-state index is 3.56. The molecule has 0 unspecified atom stereocenters. The summed E-state index contributed by atoms with van der Waals surface area (Å²) in [7, 11) is 0. The van der Waals surface area contributed by atoms with Crippen LogP contribution in [0.3, 0.4) is 0 Å². The molecule has 0 heterocycles. The minimum atomic E-state index is 0.743. The molecule has 12 heavy (non-hydrogen) atoms. The summed E-state index contributed by atoms with van der Waals surface area (Å²) in [5.41, 5.74) is 0. The molecular weight excluding hydrogens is 166 g/mol. The summed E-state index contributed by atoms with van der Waals surface area (Å²) in [6.45, 7) is 7.92. The fraction of sp³-hybridized carbons (Fsp3) is 1.00. The van der Waals surface area contributed by atoms with Gasteiger partial charge >= 0.3 is 0 Å². The van der Waals surface area contributed by atoms with Crippen molar-refractivity contribution in [1.29, 1.82) is 0 Å². The Kier molecular flexibility index (Phi) is 9.64. The van der Waals surface area contributed by atoms with Gasteiger partial charge in [0, 0.05) is 18.3 Å². The predicted octanol–water partition coefficient (Wildman–Crippen LogP) is 2.91. The minimum absolute atomic E-state index is 0.743. The zero-order valence-corrected chi connectivity index (χ0v) is 9.54. The van der Waals surface area contributed by atoms with Gasteiger partial charge < -0.3 is 5.32 Å². The molecule has 0 bridgehead atoms. The Labute approximate surface area is 81.7 Å². The molecule has 1 N–H and O–H groups in total.